The fraction of sp³-hybridized carbons (Fsp3) is 0.619. The van der Waals surface area contributed by atoms with Crippen LogP contribution < -0.4 is 15.2 Å². The number of ether oxygens (including phenoxy) is 2. The summed E-state index contributed by atoms with van der Waals surface area (Å²) in [5, 5.41) is 0.615. The minimum atomic E-state index is -1.16. The Morgan fingerprint density at radius 2 is 1.97 bits per heavy atom. The summed E-state index contributed by atoms with van der Waals surface area (Å²) < 4.78 is 13.2. The van der Waals surface area contributed by atoms with Gasteiger partial charge in [0.25, 0.3) is 5.56 Å². The number of fused-ring (bicyclic) bond motifs is 1. The molecule has 0 spiro atoms. The predicted octanol–water partition coefficient (Wildman–Crippen LogP) is 2.86. The molecule has 0 atom stereocenters. The average molecular weight is 419 g/mol. The number of likely N-dealkylation sites (N-methyl/N-ethyl adjacent to an activating group) is 1. The molecule has 0 aliphatic carbocycles. The Morgan fingerprint density at radius 3 is 2.59 bits per heavy atom. The first kappa shape index (κ1) is 21.8. The van der Waals surface area contributed by atoms with E-state index in [1.807, 2.05) is 19.1 Å². The van der Waals surface area contributed by atoms with Gasteiger partial charge in [-0.25, -0.2) is 4.98 Å². The topological polar surface area (TPSA) is 59.8 Å². The van der Waals surface area contributed by atoms with Crippen molar-refractivity contribution in [2.24, 2.45) is 0 Å². The van der Waals surface area contributed by atoms with Crippen LogP contribution >= 0.6 is 0 Å². The second-order valence-electron chi connectivity index (χ2n) is 9.13. The number of nitrogens with zero attached hydrogens (tertiary/aromatic N) is 4. The van der Waals surface area contributed by atoms with Gasteiger partial charge >= 0.3 is 0 Å². The molecular weight excluding hydrogens is 384 g/mol. The van der Waals surface area contributed by atoms with Crippen LogP contribution in [0.15, 0.2) is 23.3 Å². The summed E-state index contributed by atoms with van der Waals surface area (Å²) in [7, 11) is 3.01. The van der Waals surface area contributed by atoms with Crippen molar-refractivity contribution >= 4 is 24.7 Å². The van der Waals surface area contributed by atoms with Gasteiger partial charge in [-0.1, -0.05) is 19.6 Å². The monoisotopic (exact) mass is 418 g/mol. The lowest BCUT2D eigenvalue weighted by Crippen LogP contribution is -2.57. The molecule has 1 fully saturated rings. The van der Waals surface area contributed by atoms with Gasteiger partial charge in [0.1, 0.15) is 18.8 Å². The Morgan fingerprint density at radius 1 is 1.24 bits per heavy atom. The van der Waals surface area contributed by atoms with Gasteiger partial charge in [-0.3, -0.25) is 9.36 Å². The van der Waals surface area contributed by atoms with E-state index >= 15 is 0 Å². The van der Waals surface area contributed by atoms with Gasteiger partial charge in [0.15, 0.2) is 0 Å². The fourth-order valence-electron chi connectivity index (χ4n) is 3.39. The average Bonchev–Trinajstić information content (AvgIpc) is 2.59. The number of anilines is 1. The predicted molar refractivity (Wildman–Crippen MR) is 121 cm³/mol. The smallest absolute Gasteiger partial charge is 0.265 e. The van der Waals surface area contributed by atoms with E-state index in [0.29, 0.717) is 30.2 Å². The zero-order valence-electron chi connectivity index (χ0n) is 18.6. The van der Waals surface area contributed by atoms with Gasteiger partial charge in [0.2, 0.25) is 0 Å². The first-order valence-electron chi connectivity index (χ1n) is 10.4. The zero-order chi connectivity index (χ0) is 21.2. The van der Waals surface area contributed by atoms with Crippen molar-refractivity contribution < 1.29 is 9.47 Å². The molecule has 2 aromatic rings. The highest BCUT2D eigenvalue weighted by Gasteiger charge is 2.32. The fourth-order valence-corrected chi connectivity index (χ4v) is 4.15. The van der Waals surface area contributed by atoms with E-state index in [1.165, 1.54) is 0 Å². The molecule has 0 saturated carbocycles. The van der Waals surface area contributed by atoms with Gasteiger partial charge < -0.3 is 19.3 Å². The van der Waals surface area contributed by atoms with Crippen LogP contribution in [-0.4, -0.2) is 69.0 Å². The standard InChI is InChI=1S/C21H34N4O3Si/c1-7-28-18-9-8-17-19(20(18)24-12-16(13-24)23(2)3)21(26)25(14-22-17)15-27-10-11-29(4,5)6/h8-9,14,16H,7,10-13,15H2,1-6H3. The molecule has 7 nitrogen and oxygen atoms in total. The van der Waals surface area contributed by atoms with Crippen molar-refractivity contribution in [3.63, 3.8) is 0 Å². The lowest BCUT2D eigenvalue weighted by molar-refractivity contribution is 0.0844. The molecule has 0 bridgehead atoms. The molecule has 2 heterocycles. The molecule has 29 heavy (non-hydrogen) atoms. The third-order valence-electron chi connectivity index (χ3n) is 5.37. The van der Waals surface area contributed by atoms with Crippen molar-refractivity contribution in [1.82, 2.24) is 14.5 Å². The highest BCUT2D eigenvalue weighted by molar-refractivity contribution is 6.76. The largest absolute Gasteiger partial charge is 0.492 e. The first-order chi connectivity index (χ1) is 13.7. The molecule has 0 radical (unpaired) electrons. The molecule has 1 aromatic heterocycles. The van der Waals surface area contributed by atoms with E-state index in [2.05, 4.69) is 48.5 Å². The normalized spacial score (nSPS) is 15.2. The summed E-state index contributed by atoms with van der Waals surface area (Å²) in [5.74, 6) is 0.744. The zero-order valence-corrected chi connectivity index (χ0v) is 19.6. The summed E-state index contributed by atoms with van der Waals surface area (Å²) in [6.07, 6.45) is 1.59. The highest BCUT2D eigenvalue weighted by atomic mass is 28.3. The van der Waals surface area contributed by atoms with E-state index in [1.54, 1.807) is 10.9 Å². The Kier molecular flexibility index (Phi) is 6.65. The minimum Gasteiger partial charge on any atom is -0.492 e. The van der Waals surface area contributed by atoms with Crippen molar-refractivity contribution in [1.29, 1.82) is 0 Å². The Bertz CT molecular complexity index is 901. The summed E-state index contributed by atoms with van der Waals surface area (Å²) in [6, 6.07) is 5.34. The Labute approximate surface area is 174 Å². The molecule has 1 saturated heterocycles. The molecule has 3 rings (SSSR count). The quantitative estimate of drug-likeness (QED) is 0.461. The van der Waals surface area contributed by atoms with Gasteiger partial charge in [-0.15, -0.1) is 0 Å². The van der Waals surface area contributed by atoms with Crippen molar-refractivity contribution in [3.05, 3.63) is 28.8 Å². The Hall–Kier alpha value is -1.90. The van der Waals surface area contributed by atoms with Crippen LogP contribution in [0.25, 0.3) is 10.9 Å². The molecule has 8 heteroatoms. The summed E-state index contributed by atoms with van der Waals surface area (Å²) in [4.78, 5) is 22.3. The molecular formula is C21H34N4O3Si. The van der Waals surface area contributed by atoms with Gasteiger partial charge in [0.05, 0.1) is 23.2 Å². The van der Waals surface area contributed by atoms with E-state index in [-0.39, 0.29) is 12.3 Å². The first-order valence-corrected chi connectivity index (χ1v) is 14.1. The maximum Gasteiger partial charge on any atom is 0.265 e. The van der Waals surface area contributed by atoms with E-state index in [9.17, 15) is 4.79 Å². The number of hydrogen-bond donors (Lipinski definition) is 0. The molecule has 1 aromatic carbocycles. The van der Waals surface area contributed by atoms with Gasteiger partial charge in [0, 0.05) is 33.8 Å². The Balaban J connectivity index is 1.92. The second kappa shape index (κ2) is 8.85. The lowest BCUT2D eigenvalue weighted by atomic mass is 10.0. The van der Waals surface area contributed by atoms with Crippen molar-refractivity contribution in [3.8, 4) is 5.75 Å². The maximum atomic E-state index is 13.3. The van der Waals surface area contributed by atoms with Crippen molar-refractivity contribution in [2.75, 3.05) is 45.3 Å². The highest BCUT2D eigenvalue weighted by Crippen LogP contribution is 2.37. The van der Waals surface area contributed by atoms with Gasteiger partial charge in [-0.2, -0.15) is 0 Å². The van der Waals surface area contributed by atoms with Crippen LogP contribution in [-0.2, 0) is 11.5 Å². The molecule has 1 aliphatic heterocycles. The van der Waals surface area contributed by atoms with Crippen LogP contribution in [0.2, 0.25) is 25.7 Å². The number of aromatic nitrogens is 2. The van der Waals surface area contributed by atoms with Crippen molar-refractivity contribution in [2.45, 2.75) is 45.4 Å². The van der Waals surface area contributed by atoms with E-state index in [4.69, 9.17) is 9.47 Å². The third kappa shape index (κ3) is 4.99. The number of benzene rings is 1. The third-order valence-corrected chi connectivity index (χ3v) is 7.07. The van der Waals surface area contributed by atoms with E-state index < -0.39 is 8.07 Å². The van der Waals surface area contributed by atoms with Crippen LogP contribution in [0, 0.1) is 0 Å². The molecule has 0 unspecified atom stereocenters. The molecule has 160 valence electrons. The lowest BCUT2D eigenvalue weighted by Gasteiger charge is -2.45. The maximum absolute atomic E-state index is 13.3. The summed E-state index contributed by atoms with van der Waals surface area (Å²) >= 11 is 0. The van der Waals surface area contributed by atoms with E-state index in [0.717, 1.165) is 30.6 Å². The molecule has 1 aliphatic rings. The summed E-state index contributed by atoms with van der Waals surface area (Å²) in [5.41, 5.74) is 1.48. The number of hydrogen-bond acceptors (Lipinski definition) is 6. The summed E-state index contributed by atoms with van der Waals surface area (Å²) in [6.45, 7) is 12.1. The molecule has 0 N–H and O–H groups in total. The second-order valence-corrected chi connectivity index (χ2v) is 14.8. The van der Waals surface area contributed by atoms with Crippen LogP contribution in [0.4, 0.5) is 5.69 Å². The molecule has 0 amide bonds. The van der Waals surface area contributed by atoms with Crippen LogP contribution in [0.1, 0.15) is 6.92 Å². The number of rotatable bonds is 9. The minimum absolute atomic E-state index is 0.0761. The van der Waals surface area contributed by atoms with Gasteiger partial charge in [-0.05, 0) is 39.2 Å². The van der Waals surface area contributed by atoms with Crippen LogP contribution in [0.3, 0.4) is 0 Å². The SMILES string of the molecule is CCOc1ccc2ncn(COCC[Si](C)(C)C)c(=O)c2c1N1CC(N(C)C)C1. The van der Waals surface area contributed by atoms with Crippen LogP contribution in [0.5, 0.6) is 5.75 Å².